The summed E-state index contributed by atoms with van der Waals surface area (Å²) in [6.45, 7) is 0.379. The number of nitrogens with one attached hydrogen (secondary N) is 1. The number of rotatable bonds is 7. The fourth-order valence-electron chi connectivity index (χ4n) is 3.44. The van der Waals surface area contributed by atoms with Crippen LogP contribution in [0.25, 0.3) is 11.3 Å². The summed E-state index contributed by atoms with van der Waals surface area (Å²) in [4.78, 5) is 28.1. The lowest BCUT2D eigenvalue weighted by Crippen LogP contribution is -2.36. The van der Waals surface area contributed by atoms with Crippen LogP contribution in [0, 0.1) is 0 Å². The van der Waals surface area contributed by atoms with Crippen molar-refractivity contribution >= 4 is 23.5 Å². The molecule has 0 radical (unpaired) electrons. The lowest BCUT2D eigenvalue weighted by Gasteiger charge is -2.21. The first-order chi connectivity index (χ1) is 16.9. The summed E-state index contributed by atoms with van der Waals surface area (Å²) in [5.74, 6) is 2.09. The number of hydrogen-bond acceptors (Lipinski definition) is 7. The van der Waals surface area contributed by atoms with E-state index in [1.54, 1.807) is 38.3 Å². The number of carbonyl (C=O) groups excluding carboxylic acids is 1. The van der Waals surface area contributed by atoms with Gasteiger partial charge in [-0.1, -0.05) is 30.3 Å². The number of nitrogen functional groups attached to an aromatic ring is 1. The maximum atomic E-state index is 12.1. The maximum absolute atomic E-state index is 12.1. The van der Waals surface area contributed by atoms with Crippen LogP contribution in [-0.2, 0) is 6.54 Å². The van der Waals surface area contributed by atoms with Gasteiger partial charge in [0.05, 0.1) is 17.9 Å². The van der Waals surface area contributed by atoms with E-state index in [2.05, 4.69) is 20.3 Å². The van der Waals surface area contributed by atoms with Gasteiger partial charge >= 0.3 is 6.03 Å². The van der Waals surface area contributed by atoms with Crippen molar-refractivity contribution in [3.63, 3.8) is 0 Å². The summed E-state index contributed by atoms with van der Waals surface area (Å²) in [5.41, 5.74) is 9.18. The van der Waals surface area contributed by atoms with E-state index >= 15 is 0 Å². The second-order valence-electron chi connectivity index (χ2n) is 8.13. The second-order valence-corrected chi connectivity index (χ2v) is 8.13. The van der Waals surface area contributed by atoms with E-state index in [1.807, 2.05) is 66.7 Å². The number of amides is 2. The van der Waals surface area contributed by atoms with Crippen molar-refractivity contribution in [2.24, 2.45) is 0 Å². The van der Waals surface area contributed by atoms with E-state index in [4.69, 9.17) is 10.5 Å². The predicted octanol–water partition coefficient (Wildman–Crippen LogP) is 4.77. The molecule has 0 atom stereocenters. The quantitative estimate of drug-likeness (QED) is 0.401. The van der Waals surface area contributed by atoms with Gasteiger partial charge in [-0.2, -0.15) is 4.98 Å². The van der Waals surface area contributed by atoms with Crippen LogP contribution < -0.4 is 15.8 Å². The molecule has 4 rings (SSSR count). The zero-order valence-electron chi connectivity index (χ0n) is 19.8. The Morgan fingerprint density at radius 2 is 1.69 bits per heavy atom. The molecule has 0 bridgehead atoms. The molecule has 2 aromatic carbocycles. The number of benzene rings is 2. The SMILES string of the molecule is CN(C)C(=O)N(C)Cc1cc(Oc2ccc(Nc3cc(-c4ccccc4)nc(N)n3)cc2)ccn1. The summed E-state index contributed by atoms with van der Waals surface area (Å²) in [5, 5.41) is 3.26. The van der Waals surface area contributed by atoms with Gasteiger partial charge in [-0.05, 0) is 30.3 Å². The topological polar surface area (TPSA) is 110 Å². The highest BCUT2D eigenvalue weighted by Gasteiger charge is 2.12. The number of ether oxygens (including phenoxy) is 1. The number of nitrogens with two attached hydrogens (primary N) is 1. The van der Waals surface area contributed by atoms with Crippen LogP contribution >= 0.6 is 0 Å². The number of urea groups is 1. The highest BCUT2D eigenvalue weighted by atomic mass is 16.5. The van der Waals surface area contributed by atoms with Crippen molar-refractivity contribution in [1.82, 2.24) is 24.8 Å². The first-order valence-electron chi connectivity index (χ1n) is 11.0. The monoisotopic (exact) mass is 469 g/mol. The molecule has 2 amide bonds. The van der Waals surface area contributed by atoms with Crippen molar-refractivity contribution in [3.8, 4) is 22.8 Å². The Labute approximate surface area is 204 Å². The summed E-state index contributed by atoms with van der Waals surface area (Å²) in [7, 11) is 5.16. The minimum atomic E-state index is -0.0949. The number of aromatic nitrogens is 3. The Morgan fingerprint density at radius 3 is 2.40 bits per heavy atom. The van der Waals surface area contributed by atoms with E-state index in [-0.39, 0.29) is 12.0 Å². The lowest BCUT2D eigenvalue weighted by molar-refractivity contribution is 0.179. The number of pyridine rings is 1. The summed E-state index contributed by atoms with van der Waals surface area (Å²) in [6.07, 6.45) is 1.67. The molecule has 9 nitrogen and oxygen atoms in total. The first-order valence-corrected chi connectivity index (χ1v) is 11.0. The smallest absolute Gasteiger partial charge is 0.319 e. The molecule has 0 aliphatic heterocycles. The van der Waals surface area contributed by atoms with Crippen molar-refractivity contribution in [2.45, 2.75) is 6.54 Å². The van der Waals surface area contributed by atoms with Crippen molar-refractivity contribution in [3.05, 3.63) is 84.7 Å². The average Bonchev–Trinajstić information content (AvgIpc) is 2.85. The van der Waals surface area contributed by atoms with Crippen LogP contribution in [-0.4, -0.2) is 51.9 Å². The standard InChI is InChI=1S/C26H27N7O2/c1-32(2)26(34)33(3)17-20-15-22(13-14-28-20)35-21-11-9-19(10-12-21)29-24-16-23(30-25(27)31-24)18-7-5-4-6-8-18/h4-16H,17H2,1-3H3,(H3,27,29,30,31). The van der Waals surface area contributed by atoms with Crippen molar-refractivity contribution in [1.29, 1.82) is 0 Å². The van der Waals surface area contributed by atoms with Gasteiger partial charge in [0.1, 0.15) is 17.3 Å². The van der Waals surface area contributed by atoms with E-state index in [0.717, 1.165) is 22.6 Å². The van der Waals surface area contributed by atoms with Gasteiger partial charge < -0.3 is 25.6 Å². The predicted molar refractivity (Wildman–Crippen MR) is 136 cm³/mol. The zero-order chi connectivity index (χ0) is 24.8. The number of carbonyl (C=O) groups is 1. The first kappa shape index (κ1) is 23.5. The Hall–Kier alpha value is -4.66. The Bertz CT molecular complexity index is 1290. The van der Waals surface area contributed by atoms with Gasteiger partial charge in [0.2, 0.25) is 5.95 Å². The van der Waals surface area contributed by atoms with Crippen LogP contribution in [0.1, 0.15) is 5.69 Å². The van der Waals surface area contributed by atoms with Crippen LogP contribution in [0.4, 0.5) is 22.2 Å². The van der Waals surface area contributed by atoms with Gasteiger partial charge in [0.25, 0.3) is 0 Å². The average molecular weight is 470 g/mol. The molecule has 0 aliphatic rings. The maximum Gasteiger partial charge on any atom is 0.319 e. The lowest BCUT2D eigenvalue weighted by atomic mass is 10.1. The van der Waals surface area contributed by atoms with Gasteiger partial charge in [-0.25, -0.2) is 9.78 Å². The molecule has 2 aromatic heterocycles. The molecule has 0 saturated carbocycles. The summed E-state index contributed by atoms with van der Waals surface area (Å²) in [6, 6.07) is 22.6. The van der Waals surface area contributed by atoms with Gasteiger partial charge in [-0.3, -0.25) is 4.98 Å². The Balaban J connectivity index is 1.42. The molecule has 0 fully saturated rings. The van der Waals surface area contributed by atoms with Crippen LogP contribution in [0.5, 0.6) is 11.5 Å². The van der Waals surface area contributed by atoms with Gasteiger partial charge in [0.15, 0.2) is 0 Å². The molecule has 0 saturated heterocycles. The normalized spacial score (nSPS) is 10.5. The summed E-state index contributed by atoms with van der Waals surface area (Å²) < 4.78 is 5.98. The Morgan fingerprint density at radius 1 is 0.943 bits per heavy atom. The molecule has 0 unspecified atom stereocenters. The molecule has 35 heavy (non-hydrogen) atoms. The van der Waals surface area contributed by atoms with E-state index in [1.165, 1.54) is 4.90 Å². The van der Waals surface area contributed by atoms with E-state index < -0.39 is 0 Å². The molecule has 2 heterocycles. The van der Waals surface area contributed by atoms with Crippen LogP contribution in [0.3, 0.4) is 0 Å². The fourth-order valence-corrected chi connectivity index (χ4v) is 3.44. The largest absolute Gasteiger partial charge is 0.457 e. The molecule has 3 N–H and O–H groups in total. The molecule has 4 aromatic rings. The highest BCUT2D eigenvalue weighted by molar-refractivity contribution is 5.73. The highest BCUT2D eigenvalue weighted by Crippen LogP contribution is 2.26. The summed E-state index contributed by atoms with van der Waals surface area (Å²) >= 11 is 0. The van der Waals surface area contributed by atoms with E-state index in [0.29, 0.717) is 23.9 Å². The van der Waals surface area contributed by atoms with E-state index in [9.17, 15) is 4.79 Å². The van der Waals surface area contributed by atoms with Gasteiger partial charge in [0, 0.05) is 50.7 Å². The minimum absolute atomic E-state index is 0.0949. The number of hydrogen-bond donors (Lipinski definition) is 2. The van der Waals surface area contributed by atoms with Crippen molar-refractivity contribution in [2.75, 3.05) is 32.2 Å². The third-order valence-corrected chi connectivity index (χ3v) is 5.07. The van der Waals surface area contributed by atoms with Crippen molar-refractivity contribution < 1.29 is 9.53 Å². The molecule has 178 valence electrons. The van der Waals surface area contributed by atoms with Crippen LogP contribution in [0.15, 0.2) is 79.0 Å². The number of nitrogens with zero attached hydrogens (tertiary/aromatic N) is 5. The fraction of sp³-hybridized carbons (Fsp3) is 0.154. The third-order valence-electron chi connectivity index (χ3n) is 5.07. The minimum Gasteiger partial charge on any atom is -0.457 e. The molecule has 0 aliphatic carbocycles. The molecular formula is C26H27N7O2. The van der Waals surface area contributed by atoms with Crippen LogP contribution in [0.2, 0.25) is 0 Å². The molecular weight excluding hydrogens is 442 g/mol. The molecule has 0 spiro atoms. The number of anilines is 3. The second kappa shape index (κ2) is 10.5. The Kier molecular flexibility index (Phi) is 7.06. The third kappa shape index (κ3) is 6.23. The van der Waals surface area contributed by atoms with Gasteiger partial charge in [-0.15, -0.1) is 0 Å². The molecule has 9 heteroatoms. The zero-order valence-corrected chi connectivity index (χ0v) is 19.8.